The Morgan fingerprint density at radius 3 is 2.41 bits per heavy atom. The second-order valence-electron chi connectivity index (χ2n) is 7.34. The molecule has 3 heterocycles. The van der Waals surface area contributed by atoms with Crippen molar-refractivity contribution in [3.05, 3.63) is 70.3 Å². The third kappa shape index (κ3) is 2.50. The first-order chi connectivity index (χ1) is 14.0. The summed E-state index contributed by atoms with van der Waals surface area (Å²) in [4.78, 5) is 42.6. The minimum atomic E-state index is -0.837. The number of nitrogens with zero attached hydrogens (tertiary/aromatic N) is 2. The predicted molar refractivity (Wildman–Crippen MR) is 109 cm³/mol. The molecule has 0 saturated carbocycles. The molecule has 146 valence electrons. The molecule has 0 unspecified atom stereocenters. The van der Waals surface area contributed by atoms with Crippen LogP contribution in [0.4, 0.5) is 5.69 Å². The van der Waals surface area contributed by atoms with E-state index in [0.29, 0.717) is 5.69 Å². The number of anilines is 1. The van der Waals surface area contributed by atoms with Crippen LogP contribution in [0.3, 0.4) is 0 Å². The second-order valence-corrected chi connectivity index (χ2v) is 8.26. The molecule has 29 heavy (non-hydrogen) atoms. The van der Waals surface area contributed by atoms with Gasteiger partial charge >= 0.3 is 5.97 Å². The molecule has 2 fully saturated rings. The van der Waals surface area contributed by atoms with Crippen LogP contribution in [-0.2, 0) is 19.1 Å². The quantitative estimate of drug-likeness (QED) is 0.517. The zero-order valence-electron chi connectivity index (χ0n) is 15.5. The van der Waals surface area contributed by atoms with Gasteiger partial charge < -0.3 is 9.64 Å². The number of methoxy groups -OCH3 is 1. The lowest BCUT2D eigenvalue weighted by Gasteiger charge is -2.34. The summed E-state index contributed by atoms with van der Waals surface area (Å²) in [6.07, 6.45) is 3.71. The Bertz CT molecular complexity index is 1060. The number of esters is 1. The Kier molecular flexibility index (Phi) is 4.10. The first-order valence-corrected chi connectivity index (χ1v) is 10.1. The number of benzene rings is 2. The van der Waals surface area contributed by atoms with Crippen molar-refractivity contribution < 1.29 is 19.1 Å². The molecule has 2 aromatic carbocycles. The van der Waals surface area contributed by atoms with E-state index in [0.717, 1.165) is 15.6 Å². The summed E-state index contributed by atoms with van der Waals surface area (Å²) in [6, 6.07) is 13.5. The number of imide groups is 1. The molecule has 4 atom stereocenters. The Morgan fingerprint density at radius 2 is 1.69 bits per heavy atom. The molecular formula is C22H17BrN2O4. The van der Waals surface area contributed by atoms with Gasteiger partial charge in [-0.1, -0.05) is 40.2 Å². The molecule has 6 nitrogen and oxygen atoms in total. The molecule has 3 aliphatic heterocycles. The summed E-state index contributed by atoms with van der Waals surface area (Å²) in [5.41, 5.74) is 2.43. The van der Waals surface area contributed by atoms with Gasteiger partial charge in [-0.25, -0.2) is 9.69 Å². The van der Waals surface area contributed by atoms with Crippen molar-refractivity contribution in [2.24, 2.45) is 11.8 Å². The lowest BCUT2D eigenvalue weighted by Crippen LogP contribution is -2.44. The van der Waals surface area contributed by atoms with Crippen molar-refractivity contribution in [1.82, 2.24) is 4.90 Å². The van der Waals surface area contributed by atoms with Crippen LogP contribution in [-0.4, -0.2) is 35.8 Å². The molecular weight excluding hydrogens is 436 g/mol. The fourth-order valence-electron chi connectivity index (χ4n) is 4.79. The van der Waals surface area contributed by atoms with Gasteiger partial charge in [-0.15, -0.1) is 0 Å². The Hall–Kier alpha value is -2.93. The molecule has 2 amide bonds. The van der Waals surface area contributed by atoms with Gasteiger partial charge in [0.2, 0.25) is 11.8 Å². The zero-order valence-corrected chi connectivity index (χ0v) is 17.1. The Balaban J connectivity index is 1.65. The van der Waals surface area contributed by atoms with Crippen LogP contribution in [0.25, 0.3) is 6.08 Å². The van der Waals surface area contributed by atoms with Gasteiger partial charge in [-0.2, -0.15) is 0 Å². The lowest BCUT2D eigenvalue weighted by atomic mass is 9.84. The van der Waals surface area contributed by atoms with Crippen LogP contribution in [0.15, 0.2) is 59.2 Å². The van der Waals surface area contributed by atoms with Crippen LogP contribution in [0, 0.1) is 11.8 Å². The van der Waals surface area contributed by atoms with Crippen molar-refractivity contribution in [2.45, 2.75) is 12.1 Å². The zero-order chi connectivity index (χ0) is 20.3. The van der Waals surface area contributed by atoms with Crippen molar-refractivity contribution in [3.8, 4) is 0 Å². The van der Waals surface area contributed by atoms with Gasteiger partial charge in [-0.3, -0.25) is 9.59 Å². The van der Waals surface area contributed by atoms with Gasteiger partial charge in [0.1, 0.15) is 6.04 Å². The smallest absolute Gasteiger partial charge is 0.329 e. The standard InChI is InChI=1S/C22H17BrN2O4/c1-29-22(28)19-17-16(18-15-5-3-2-4-12(15)10-11-24(18)19)20(26)25(21(17)27)14-8-6-13(23)7-9-14/h2-11,16-19H,1H3/t16-,17+,18+,19+/m0/s1. The average Bonchev–Trinajstić information content (AvgIpc) is 3.21. The van der Waals surface area contributed by atoms with Crippen molar-refractivity contribution >= 4 is 45.5 Å². The summed E-state index contributed by atoms with van der Waals surface area (Å²) in [7, 11) is 1.31. The average molecular weight is 453 g/mol. The van der Waals surface area contributed by atoms with Crippen molar-refractivity contribution in [2.75, 3.05) is 12.0 Å². The van der Waals surface area contributed by atoms with E-state index in [1.54, 1.807) is 30.5 Å². The van der Waals surface area contributed by atoms with Crippen LogP contribution in [0.1, 0.15) is 17.2 Å². The molecule has 7 heteroatoms. The largest absolute Gasteiger partial charge is 0.467 e. The molecule has 2 aromatic rings. The normalized spacial score (nSPS) is 27.0. The lowest BCUT2D eigenvalue weighted by molar-refractivity contribution is -0.148. The molecule has 0 radical (unpaired) electrons. The maximum absolute atomic E-state index is 13.5. The molecule has 2 saturated heterocycles. The number of halogens is 1. The van der Waals surface area contributed by atoms with Crippen molar-refractivity contribution in [3.63, 3.8) is 0 Å². The van der Waals surface area contributed by atoms with E-state index in [1.165, 1.54) is 12.0 Å². The van der Waals surface area contributed by atoms with E-state index in [9.17, 15) is 14.4 Å². The highest BCUT2D eigenvalue weighted by molar-refractivity contribution is 9.10. The van der Waals surface area contributed by atoms with E-state index in [1.807, 2.05) is 35.2 Å². The number of rotatable bonds is 2. The first kappa shape index (κ1) is 18.1. The second kappa shape index (κ2) is 6.56. The number of carbonyl (C=O) groups excluding carboxylic acids is 3. The van der Waals surface area contributed by atoms with Crippen LogP contribution in [0.2, 0.25) is 0 Å². The highest BCUT2D eigenvalue weighted by Gasteiger charge is 2.65. The molecule has 0 aliphatic carbocycles. The fraction of sp³-hybridized carbons (Fsp3) is 0.227. The van der Waals surface area contributed by atoms with E-state index in [4.69, 9.17) is 4.74 Å². The van der Waals surface area contributed by atoms with E-state index in [2.05, 4.69) is 15.9 Å². The third-order valence-corrected chi connectivity index (χ3v) is 6.52. The molecule has 0 bridgehead atoms. The molecule has 0 spiro atoms. The summed E-state index contributed by atoms with van der Waals surface area (Å²) < 4.78 is 5.87. The monoisotopic (exact) mass is 452 g/mol. The van der Waals surface area contributed by atoms with Crippen LogP contribution in [0.5, 0.6) is 0 Å². The maximum Gasteiger partial charge on any atom is 0.329 e. The van der Waals surface area contributed by atoms with Gasteiger partial charge in [0.15, 0.2) is 0 Å². The van der Waals surface area contributed by atoms with Gasteiger partial charge in [0.25, 0.3) is 0 Å². The Labute approximate surface area is 175 Å². The van der Waals surface area contributed by atoms with Crippen molar-refractivity contribution in [1.29, 1.82) is 0 Å². The maximum atomic E-state index is 13.5. The number of ether oxygens (including phenoxy) is 1. The summed E-state index contributed by atoms with van der Waals surface area (Å²) in [5, 5.41) is 0. The SMILES string of the molecule is COC(=O)[C@H]1[C@@H]2C(=O)N(c3ccc(Br)cc3)C(=O)[C@@H]2[C@H]2c3ccccc3C=CN21. The van der Waals surface area contributed by atoms with E-state index < -0.39 is 23.8 Å². The molecule has 3 aliphatic rings. The Morgan fingerprint density at radius 1 is 1.00 bits per heavy atom. The third-order valence-electron chi connectivity index (χ3n) is 5.99. The van der Waals surface area contributed by atoms with E-state index in [-0.39, 0.29) is 17.9 Å². The van der Waals surface area contributed by atoms with Gasteiger partial charge in [0, 0.05) is 10.7 Å². The minimum absolute atomic E-state index is 0.283. The minimum Gasteiger partial charge on any atom is -0.467 e. The van der Waals surface area contributed by atoms with Gasteiger partial charge in [-0.05, 0) is 41.5 Å². The predicted octanol–water partition coefficient (Wildman–Crippen LogP) is 3.14. The van der Waals surface area contributed by atoms with Crippen LogP contribution < -0.4 is 4.90 Å². The number of carbonyl (C=O) groups is 3. The summed E-state index contributed by atoms with van der Waals surface area (Å²) in [5.74, 6) is -2.60. The number of hydrogen-bond acceptors (Lipinski definition) is 5. The number of fused-ring (bicyclic) bond motifs is 5. The molecule has 0 N–H and O–H groups in total. The molecule has 0 aromatic heterocycles. The first-order valence-electron chi connectivity index (χ1n) is 9.28. The van der Waals surface area contributed by atoms with Crippen LogP contribution >= 0.6 is 15.9 Å². The fourth-order valence-corrected chi connectivity index (χ4v) is 5.06. The highest BCUT2D eigenvalue weighted by Crippen LogP contribution is 2.53. The summed E-state index contributed by atoms with van der Waals surface area (Å²) >= 11 is 3.37. The number of hydrogen-bond donors (Lipinski definition) is 0. The van der Waals surface area contributed by atoms with E-state index >= 15 is 0 Å². The van der Waals surface area contributed by atoms with Gasteiger partial charge in [0.05, 0.1) is 30.7 Å². The number of amides is 2. The highest BCUT2D eigenvalue weighted by atomic mass is 79.9. The molecule has 5 rings (SSSR count). The summed E-state index contributed by atoms with van der Waals surface area (Å²) in [6.45, 7) is 0. The topological polar surface area (TPSA) is 66.9 Å².